The lowest BCUT2D eigenvalue weighted by atomic mass is 10.1. The van der Waals surface area contributed by atoms with Gasteiger partial charge in [-0.15, -0.1) is 0 Å². The molecule has 2 rings (SSSR count). The molecule has 0 aromatic heterocycles. The molecule has 0 bridgehead atoms. The molecule has 0 radical (unpaired) electrons. The van der Waals surface area contributed by atoms with Crippen molar-refractivity contribution in [3.8, 4) is 0 Å². The molecule has 0 aromatic carbocycles. The average Bonchev–Trinajstić information content (AvgIpc) is 2.30. The maximum absolute atomic E-state index is 5.69. The van der Waals surface area contributed by atoms with Gasteiger partial charge in [-0.25, -0.2) is 0 Å². The van der Waals surface area contributed by atoms with Crippen LogP contribution < -0.4 is 5.32 Å². The second-order valence-corrected chi connectivity index (χ2v) is 4.90. The third-order valence-corrected chi connectivity index (χ3v) is 3.36. The summed E-state index contributed by atoms with van der Waals surface area (Å²) in [6.45, 7) is 5.83. The first kappa shape index (κ1) is 12.3. The van der Waals surface area contributed by atoms with Gasteiger partial charge in [-0.2, -0.15) is 0 Å². The Labute approximate surface area is 98.3 Å². The summed E-state index contributed by atoms with van der Waals surface area (Å²) < 4.78 is 11.4. The predicted octanol–water partition coefficient (Wildman–Crippen LogP) is 0.476. The smallest absolute Gasteiger partial charge is 0.0826 e. The highest BCUT2D eigenvalue weighted by atomic mass is 16.5. The maximum atomic E-state index is 5.69. The number of hydrogen-bond donors (Lipinski definition) is 1. The summed E-state index contributed by atoms with van der Waals surface area (Å²) in [5, 5.41) is 3.47. The maximum Gasteiger partial charge on any atom is 0.0826 e. The first-order chi connectivity index (χ1) is 7.84. The first-order valence-electron chi connectivity index (χ1n) is 6.47. The van der Waals surface area contributed by atoms with Crippen LogP contribution in [0.5, 0.6) is 0 Å². The van der Waals surface area contributed by atoms with Gasteiger partial charge in [-0.3, -0.25) is 0 Å². The summed E-state index contributed by atoms with van der Waals surface area (Å²) in [5.74, 6) is 0. The molecule has 2 heterocycles. The first-order valence-corrected chi connectivity index (χ1v) is 6.47. The van der Waals surface area contributed by atoms with Gasteiger partial charge in [0.05, 0.1) is 18.8 Å². The minimum Gasteiger partial charge on any atom is -0.377 e. The van der Waals surface area contributed by atoms with E-state index in [1.165, 1.54) is 19.3 Å². The topological polar surface area (TPSA) is 33.7 Å². The van der Waals surface area contributed by atoms with Crippen molar-refractivity contribution >= 4 is 0 Å². The normalized spacial score (nSPS) is 32.8. The molecule has 94 valence electrons. The van der Waals surface area contributed by atoms with Crippen LogP contribution in [0.1, 0.15) is 19.3 Å². The van der Waals surface area contributed by atoms with Crippen LogP contribution in [0.25, 0.3) is 0 Å². The van der Waals surface area contributed by atoms with E-state index in [0.717, 1.165) is 39.4 Å². The molecule has 4 heteroatoms. The lowest BCUT2D eigenvalue weighted by Crippen LogP contribution is -2.46. The molecule has 4 nitrogen and oxygen atoms in total. The standard InChI is InChI=1S/C12H24N2O2/c1-14-5-7-16-12(10-14)9-13-8-11-4-2-3-6-15-11/h11-13H,2-10H2,1H3/t11-,12-/m1/s1. The Kier molecular flexibility index (Phi) is 5.03. The van der Waals surface area contributed by atoms with Crippen molar-refractivity contribution in [1.29, 1.82) is 0 Å². The number of nitrogens with zero attached hydrogens (tertiary/aromatic N) is 1. The monoisotopic (exact) mass is 228 g/mol. The van der Waals surface area contributed by atoms with Crippen molar-refractivity contribution in [2.45, 2.75) is 31.5 Å². The average molecular weight is 228 g/mol. The summed E-state index contributed by atoms with van der Waals surface area (Å²) in [7, 11) is 2.15. The predicted molar refractivity (Wildman–Crippen MR) is 63.7 cm³/mol. The molecule has 0 aromatic rings. The zero-order chi connectivity index (χ0) is 11.2. The van der Waals surface area contributed by atoms with Crippen LogP contribution in [0.3, 0.4) is 0 Å². The Morgan fingerprint density at radius 3 is 2.69 bits per heavy atom. The molecule has 0 saturated carbocycles. The van der Waals surface area contributed by atoms with E-state index in [9.17, 15) is 0 Å². The van der Waals surface area contributed by atoms with Gasteiger partial charge in [0.2, 0.25) is 0 Å². The van der Waals surface area contributed by atoms with Crippen LogP contribution in [0.4, 0.5) is 0 Å². The Morgan fingerprint density at radius 1 is 1.12 bits per heavy atom. The molecule has 0 unspecified atom stereocenters. The summed E-state index contributed by atoms with van der Waals surface area (Å²) >= 11 is 0. The fraction of sp³-hybridized carbons (Fsp3) is 1.00. The molecule has 0 aliphatic carbocycles. The SMILES string of the molecule is CN1CCO[C@H](CNC[C@H]2CCCCO2)C1. The van der Waals surface area contributed by atoms with Gasteiger partial charge >= 0.3 is 0 Å². The summed E-state index contributed by atoms with van der Waals surface area (Å²) in [6, 6.07) is 0. The van der Waals surface area contributed by atoms with Gasteiger partial charge in [0.15, 0.2) is 0 Å². The largest absolute Gasteiger partial charge is 0.377 e. The van der Waals surface area contributed by atoms with Gasteiger partial charge in [0.25, 0.3) is 0 Å². The van der Waals surface area contributed by atoms with Crippen molar-refractivity contribution in [1.82, 2.24) is 10.2 Å². The molecule has 2 fully saturated rings. The molecule has 2 atom stereocenters. The van der Waals surface area contributed by atoms with E-state index in [1.54, 1.807) is 0 Å². The van der Waals surface area contributed by atoms with Crippen molar-refractivity contribution in [2.24, 2.45) is 0 Å². The third-order valence-electron chi connectivity index (χ3n) is 3.36. The van der Waals surface area contributed by atoms with Crippen LogP contribution >= 0.6 is 0 Å². The van der Waals surface area contributed by atoms with E-state index < -0.39 is 0 Å². The molecule has 1 N–H and O–H groups in total. The molecule has 16 heavy (non-hydrogen) atoms. The highest BCUT2D eigenvalue weighted by molar-refractivity contribution is 4.73. The van der Waals surface area contributed by atoms with E-state index in [1.807, 2.05) is 0 Å². The number of nitrogens with one attached hydrogen (secondary N) is 1. The lowest BCUT2D eigenvalue weighted by molar-refractivity contribution is -0.0230. The van der Waals surface area contributed by atoms with Crippen LogP contribution in [0.15, 0.2) is 0 Å². The summed E-state index contributed by atoms with van der Waals surface area (Å²) in [4.78, 5) is 2.33. The fourth-order valence-electron chi connectivity index (χ4n) is 2.36. The van der Waals surface area contributed by atoms with E-state index in [-0.39, 0.29) is 0 Å². The zero-order valence-electron chi connectivity index (χ0n) is 10.3. The second kappa shape index (κ2) is 6.55. The van der Waals surface area contributed by atoms with E-state index in [0.29, 0.717) is 12.2 Å². The third kappa shape index (κ3) is 4.01. The Morgan fingerprint density at radius 2 is 1.94 bits per heavy atom. The van der Waals surface area contributed by atoms with Gasteiger partial charge in [0.1, 0.15) is 0 Å². The zero-order valence-corrected chi connectivity index (χ0v) is 10.3. The Balaban J connectivity index is 1.56. The van der Waals surface area contributed by atoms with Gasteiger partial charge < -0.3 is 19.7 Å². The fourth-order valence-corrected chi connectivity index (χ4v) is 2.36. The van der Waals surface area contributed by atoms with Gasteiger partial charge in [0, 0.05) is 32.8 Å². The number of hydrogen-bond acceptors (Lipinski definition) is 4. The summed E-state index contributed by atoms with van der Waals surface area (Å²) in [5.41, 5.74) is 0. The highest BCUT2D eigenvalue weighted by Crippen LogP contribution is 2.11. The highest BCUT2D eigenvalue weighted by Gasteiger charge is 2.18. The minimum absolute atomic E-state index is 0.349. The number of rotatable bonds is 4. The van der Waals surface area contributed by atoms with Crippen molar-refractivity contribution < 1.29 is 9.47 Å². The molecular formula is C12H24N2O2. The van der Waals surface area contributed by atoms with Crippen molar-refractivity contribution in [3.05, 3.63) is 0 Å². The van der Waals surface area contributed by atoms with Gasteiger partial charge in [-0.1, -0.05) is 0 Å². The van der Waals surface area contributed by atoms with Crippen LogP contribution in [0.2, 0.25) is 0 Å². The molecule has 0 amide bonds. The van der Waals surface area contributed by atoms with Gasteiger partial charge in [-0.05, 0) is 26.3 Å². The molecule has 0 spiro atoms. The van der Waals surface area contributed by atoms with Crippen LogP contribution in [-0.4, -0.2) is 63.5 Å². The van der Waals surface area contributed by atoms with E-state index in [4.69, 9.17) is 9.47 Å². The van der Waals surface area contributed by atoms with E-state index in [2.05, 4.69) is 17.3 Å². The number of ether oxygens (including phenoxy) is 2. The minimum atomic E-state index is 0.349. The second-order valence-electron chi connectivity index (χ2n) is 4.90. The van der Waals surface area contributed by atoms with Crippen molar-refractivity contribution in [2.75, 3.05) is 46.4 Å². The van der Waals surface area contributed by atoms with E-state index >= 15 is 0 Å². The Hall–Kier alpha value is -0.160. The number of likely N-dealkylation sites (N-methyl/N-ethyl adjacent to an activating group) is 1. The summed E-state index contributed by atoms with van der Waals surface area (Å²) in [6.07, 6.45) is 4.53. The molecule has 2 aliphatic rings. The quantitative estimate of drug-likeness (QED) is 0.758. The van der Waals surface area contributed by atoms with Crippen molar-refractivity contribution in [3.63, 3.8) is 0 Å². The molecule has 2 saturated heterocycles. The van der Waals surface area contributed by atoms with Crippen LogP contribution in [-0.2, 0) is 9.47 Å². The van der Waals surface area contributed by atoms with Crippen LogP contribution in [0, 0.1) is 0 Å². The lowest BCUT2D eigenvalue weighted by Gasteiger charge is -2.31. The Bertz CT molecular complexity index is 195. The number of morpholine rings is 1. The molecule has 2 aliphatic heterocycles. The molecular weight excluding hydrogens is 204 g/mol.